The van der Waals surface area contributed by atoms with Crippen LogP contribution in [0.4, 0.5) is 0 Å². The standard InChI is InChI=1S/C54H84O6/c1-4-7-10-13-16-19-21-23-25-26-27-28-30-31-33-35-38-41-44-47-53(56)59-50-51(49-58-52(55)46-43-40-37-18-15-12-9-6-3)60-54(57)48-45-42-39-36-34-32-29-24-22-20-17-14-11-8-5-2/h7-8,10-11,16-17,19-20,23-25,27-29,31,33-34,36,38,41,51H,4-6,9,12-15,18,21-22,26,30,32,35,37,39-40,42-50H2,1-3H3/b10-7-,11-8-,19-16-,20-17-,25-23-,28-27-,29-24-,33-31-,36-34-,41-38-. The smallest absolute Gasteiger partial charge is 0.306 e. The summed E-state index contributed by atoms with van der Waals surface area (Å²) in [7, 11) is 0. The highest BCUT2D eigenvalue weighted by atomic mass is 16.6. The molecule has 0 heterocycles. The maximum atomic E-state index is 12.7. The number of carbonyl (C=O) groups excluding carboxylic acids is 3. The molecule has 0 fully saturated rings. The number of esters is 3. The monoisotopic (exact) mass is 829 g/mol. The number of hydrogen-bond acceptors (Lipinski definition) is 6. The van der Waals surface area contributed by atoms with Crippen molar-refractivity contribution in [2.45, 2.75) is 187 Å². The maximum Gasteiger partial charge on any atom is 0.306 e. The number of carbonyl (C=O) groups is 3. The van der Waals surface area contributed by atoms with Gasteiger partial charge < -0.3 is 14.2 Å². The van der Waals surface area contributed by atoms with Crippen molar-refractivity contribution in [3.63, 3.8) is 0 Å². The van der Waals surface area contributed by atoms with Crippen molar-refractivity contribution in [1.29, 1.82) is 0 Å². The zero-order valence-electron chi connectivity index (χ0n) is 38.2. The van der Waals surface area contributed by atoms with E-state index in [1.807, 2.05) is 12.2 Å². The molecular formula is C54H84O6. The first-order valence-electron chi connectivity index (χ1n) is 23.5. The van der Waals surface area contributed by atoms with Gasteiger partial charge in [0.2, 0.25) is 0 Å². The Morgan fingerprint density at radius 2 is 0.683 bits per heavy atom. The van der Waals surface area contributed by atoms with E-state index < -0.39 is 6.10 Å². The lowest BCUT2D eigenvalue weighted by Crippen LogP contribution is -2.30. The molecule has 6 heteroatoms. The second-order valence-electron chi connectivity index (χ2n) is 14.9. The Hall–Kier alpha value is -4.19. The molecule has 0 spiro atoms. The minimum atomic E-state index is -0.829. The number of rotatable bonds is 40. The predicted molar refractivity (Wildman–Crippen MR) is 256 cm³/mol. The molecule has 60 heavy (non-hydrogen) atoms. The summed E-state index contributed by atoms with van der Waals surface area (Å²) in [4.78, 5) is 37.7. The second kappa shape index (κ2) is 47.5. The molecule has 0 rings (SSSR count). The molecule has 0 bridgehead atoms. The van der Waals surface area contributed by atoms with Crippen molar-refractivity contribution in [3.8, 4) is 0 Å². The molecule has 1 unspecified atom stereocenters. The Bertz CT molecular complexity index is 1320. The van der Waals surface area contributed by atoms with Crippen LogP contribution in [-0.2, 0) is 28.6 Å². The van der Waals surface area contributed by atoms with Gasteiger partial charge in [0.1, 0.15) is 13.2 Å². The number of allylic oxidation sites excluding steroid dienone is 20. The topological polar surface area (TPSA) is 78.9 Å². The van der Waals surface area contributed by atoms with Gasteiger partial charge in [-0.05, 0) is 96.3 Å². The van der Waals surface area contributed by atoms with Gasteiger partial charge in [0, 0.05) is 19.3 Å². The molecule has 6 nitrogen and oxygen atoms in total. The summed E-state index contributed by atoms with van der Waals surface area (Å²) < 4.78 is 16.6. The first-order chi connectivity index (χ1) is 29.5. The summed E-state index contributed by atoms with van der Waals surface area (Å²) in [5, 5.41) is 0. The van der Waals surface area contributed by atoms with Crippen LogP contribution >= 0.6 is 0 Å². The minimum Gasteiger partial charge on any atom is -0.462 e. The summed E-state index contributed by atoms with van der Waals surface area (Å²) in [5.74, 6) is -1.07. The number of hydrogen-bond donors (Lipinski definition) is 0. The van der Waals surface area contributed by atoms with E-state index in [9.17, 15) is 14.4 Å². The van der Waals surface area contributed by atoms with Crippen LogP contribution in [0.5, 0.6) is 0 Å². The molecule has 0 saturated heterocycles. The molecule has 0 aliphatic rings. The van der Waals surface area contributed by atoms with Crippen molar-refractivity contribution in [1.82, 2.24) is 0 Å². The third-order valence-electron chi connectivity index (χ3n) is 9.23. The Balaban J connectivity index is 4.54. The van der Waals surface area contributed by atoms with E-state index in [1.54, 1.807) is 0 Å². The lowest BCUT2D eigenvalue weighted by Gasteiger charge is -2.18. The summed E-state index contributed by atoms with van der Waals surface area (Å²) >= 11 is 0. The SMILES string of the molecule is CC/C=C\C/C=C\C/C=C\C/C=C\C/C=C\C/C=C\CCC(=O)OCC(COC(=O)CCCCCCCCCC)OC(=O)CCCC/C=C\C/C=C\C/C=C\C/C=C\CC. The zero-order chi connectivity index (χ0) is 43.7. The molecule has 0 amide bonds. The Kier molecular flexibility index (Phi) is 44.2. The molecule has 0 aliphatic carbocycles. The van der Waals surface area contributed by atoms with Gasteiger partial charge in [-0.3, -0.25) is 14.4 Å². The lowest BCUT2D eigenvalue weighted by molar-refractivity contribution is -0.166. The van der Waals surface area contributed by atoms with E-state index in [0.717, 1.165) is 96.3 Å². The number of ether oxygens (including phenoxy) is 3. The molecule has 0 aliphatic heterocycles. The van der Waals surface area contributed by atoms with Crippen molar-refractivity contribution in [2.75, 3.05) is 13.2 Å². The second-order valence-corrected chi connectivity index (χ2v) is 14.9. The van der Waals surface area contributed by atoms with Gasteiger partial charge in [-0.1, -0.05) is 187 Å². The molecule has 0 aromatic rings. The fraction of sp³-hybridized carbons (Fsp3) is 0.574. The highest BCUT2D eigenvalue weighted by Gasteiger charge is 2.19. The van der Waals surface area contributed by atoms with E-state index in [1.165, 1.54) is 32.1 Å². The first-order valence-corrected chi connectivity index (χ1v) is 23.5. The van der Waals surface area contributed by atoms with Crippen LogP contribution in [0.1, 0.15) is 181 Å². The average molecular weight is 829 g/mol. The summed E-state index contributed by atoms with van der Waals surface area (Å²) in [5.41, 5.74) is 0. The molecular weight excluding hydrogens is 745 g/mol. The molecule has 0 N–H and O–H groups in total. The van der Waals surface area contributed by atoms with Crippen LogP contribution in [0.25, 0.3) is 0 Å². The molecule has 1 atom stereocenters. The van der Waals surface area contributed by atoms with E-state index in [0.29, 0.717) is 19.3 Å². The Morgan fingerprint density at radius 1 is 0.350 bits per heavy atom. The van der Waals surface area contributed by atoms with E-state index in [2.05, 4.69) is 130 Å². The van der Waals surface area contributed by atoms with Gasteiger partial charge in [-0.25, -0.2) is 0 Å². The molecule has 0 aromatic heterocycles. The molecule has 0 saturated carbocycles. The van der Waals surface area contributed by atoms with Crippen LogP contribution in [0.3, 0.4) is 0 Å². The van der Waals surface area contributed by atoms with Crippen LogP contribution in [0, 0.1) is 0 Å². The van der Waals surface area contributed by atoms with Crippen LogP contribution in [-0.4, -0.2) is 37.2 Å². The minimum absolute atomic E-state index is 0.121. The third kappa shape index (κ3) is 44.9. The molecule has 0 aromatic carbocycles. The van der Waals surface area contributed by atoms with E-state index >= 15 is 0 Å². The summed E-state index contributed by atoms with van der Waals surface area (Å²) in [6, 6.07) is 0. The van der Waals surface area contributed by atoms with Gasteiger partial charge >= 0.3 is 17.9 Å². The third-order valence-corrected chi connectivity index (χ3v) is 9.23. The summed E-state index contributed by atoms with van der Waals surface area (Å²) in [6.45, 7) is 6.24. The Labute approximate surface area is 367 Å². The van der Waals surface area contributed by atoms with E-state index in [-0.39, 0.29) is 44.0 Å². The molecule has 0 radical (unpaired) electrons. The van der Waals surface area contributed by atoms with Crippen molar-refractivity contribution in [2.24, 2.45) is 0 Å². The van der Waals surface area contributed by atoms with Gasteiger partial charge in [-0.15, -0.1) is 0 Å². The molecule has 336 valence electrons. The maximum absolute atomic E-state index is 12.7. The highest BCUT2D eigenvalue weighted by Crippen LogP contribution is 2.11. The van der Waals surface area contributed by atoms with Gasteiger partial charge in [0.05, 0.1) is 0 Å². The fourth-order valence-corrected chi connectivity index (χ4v) is 5.75. The largest absolute Gasteiger partial charge is 0.462 e. The van der Waals surface area contributed by atoms with Crippen LogP contribution in [0.15, 0.2) is 122 Å². The quantitative estimate of drug-likeness (QED) is 0.0265. The van der Waals surface area contributed by atoms with Crippen molar-refractivity contribution >= 4 is 17.9 Å². The summed E-state index contributed by atoms with van der Waals surface area (Å²) in [6.07, 6.45) is 64.9. The zero-order valence-corrected chi connectivity index (χ0v) is 38.2. The highest BCUT2D eigenvalue weighted by molar-refractivity contribution is 5.71. The predicted octanol–water partition coefficient (Wildman–Crippen LogP) is 15.4. The van der Waals surface area contributed by atoms with Gasteiger partial charge in [-0.2, -0.15) is 0 Å². The van der Waals surface area contributed by atoms with Gasteiger partial charge in [0.25, 0.3) is 0 Å². The normalized spacial score (nSPS) is 13.2. The van der Waals surface area contributed by atoms with Crippen LogP contribution in [0.2, 0.25) is 0 Å². The first kappa shape index (κ1) is 55.8. The van der Waals surface area contributed by atoms with E-state index in [4.69, 9.17) is 14.2 Å². The lowest BCUT2D eigenvalue weighted by atomic mass is 10.1. The fourth-order valence-electron chi connectivity index (χ4n) is 5.75. The van der Waals surface area contributed by atoms with Gasteiger partial charge in [0.15, 0.2) is 6.10 Å². The van der Waals surface area contributed by atoms with Crippen molar-refractivity contribution in [3.05, 3.63) is 122 Å². The van der Waals surface area contributed by atoms with Crippen molar-refractivity contribution < 1.29 is 28.6 Å². The van der Waals surface area contributed by atoms with Crippen LogP contribution < -0.4 is 0 Å². The Morgan fingerprint density at radius 3 is 1.12 bits per heavy atom. The average Bonchev–Trinajstić information content (AvgIpc) is 3.24. The number of unbranched alkanes of at least 4 members (excludes halogenated alkanes) is 9.